The van der Waals surface area contributed by atoms with Crippen LogP contribution in [0.3, 0.4) is 0 Å². The molecule has 0 unspecified atom stereocenters. The number of carbonyl (C=O) groups is 1. The minimum absolute atomic E-state index is 0.117. The third-order valence-electron chi connectivity index (χ3n) is 2.77. The second-order valence-electron chi connectivity index (χ2n) is 4.09. The highest BCUT2D eigenvalue weighted by atomic mass is 32.1. The maximum Gasteiger partial charge on any atom is 0.251 e. The van der Waals surface area contributed by atoms with Crippen LogP contribution in [-0.2, 0) is 6.42 Å². The molecule has 1 heterocycles. The Morgan fingerprint density at radius 2 is 2.26 bits per heavy atom. The summed E-state index contributed by atoms with van der Waals surface area (Å²) >= 11 is 1.66. The van der Waals surface area contributed by atoms with Gasteiger partial charge in [-0.1, -0.05) is 0 Å². The predicted molar refractivity (Wildman–Crippen MR) is 77.8 cm³/mol. The first-order chi connectivity index (χ1) is 9.20. The molecule has 1 amide bonds. The van der Waals surface area contributed by atoms with Crippen LogP contribution >= 0.6 is 11.3 Å². The zero-order chi connectivity index (χ0) is 13.7. The second kappa shape index (κ2) is 6.24. The Kier molecular flexibility index (Phi) is 4.41. The van der Waals surface area contributed by atoms with Crippen molar-refractivity contribution >= 4 is 22.9 Å². The van der Waals surface area contributed by atoms with Crippen molar-refractivity contribution in [3.05, 3.63) is 46.2 Å². The van der Waals surface area contributed by atoms with E-state index in [1.807, 2.05) is 5.38 Å². The molecular formula is C14H16N2O2S. The van der Waals surface area contributed by atoms with Crippen molar-refractivity contribution in [1.29, 1.82) is 0 Å². The van der Waals surface area contributed by atoms with Crippen LogP contribution in [-0.4, -0.2) is 19.6 Å². The maximum atomic E-state index is 11.9. The van der Waals surface area contributed by atoms with Gasteiger partial charge in [0.05, 0.1) is 12.8 Å². The number of amides is 1. The summed E-state index contributed by atoms with van der Waals surface area (Å²) in [5.74, 6) is 0.402. The molecule has 3 N–H and O–H groups in total. The zero-order valence-corrected chi connectivity index (χ0v) is 11.5. The first kappa shape index (κ1) is 13.4. The fourth-order valence-electron chi connectivity index (χ4n) is 1.71. The molecule has 5 heteroatoms. The summed E-state index contributed by atoms with van der Waals surface area (Å²) < 4.78 is 5.10. The molecule has 1 aromatic heterocycles. The lowest BCUT2D eigenvalue weighted by molar-refractivity contribution is 0.0954. The molecule has 2 aromatic rings. The largest absolute Gasteiger partial charge is 0.495 e. The Morgan fingerprint density at radius 1 is 1.42 bits per heavy atom. The normalized spacial score (nSPS) is 10.2. The van der Waals surface area contributed by atoms with Crippen LogP contribution in [0.25, 0.3) is 0 Å². The third kappa shape index (κ3) is 3.48. The first-order valence-corrected chi connectivity index (χ1v) is 6.88. The van der Waals surface area contributed by atoms with E-state index in [0.717, 1.165) is 6.42 Å². The lowest BCUT2D eigenvalue weighted by atomic mass is 10.1. The molecule has 4 nitrogen and oxygen atoms in total. The molecular weight excluding hydrogens is 260 g/mol. The molecule has 0 aliphatic rings. The SMILES string of the molecule is COc1cc(C(=O)NCCc2ccsc2)ccc1N. The number of thiophene rings is 1. The van der Waals surface area contributed by atoms with Crippen molar-refractivity contribution in [2.45, 2.75) is 6.42 Å². The van der Waals surface area contributed by atoms with E-state index in [9.17, 15) is 4.79 Å². The summed E-state index contributed by atoms with van der Waals surface area (Å²) in [5.41, 5.74) is 8.02. The number of benzene rings is 1. The van der Waals surface area contributed by atoms with Crippen molar-refractivity contribution in [2.75, 3.05) is 19.4 Å². The standard InChI is InChI=1S/C14H16N2O2S/c1-18-13-8-11(2-3-12(13)15)14(17)16-6-4-10-5-7-19-9-10/h2-3,5,7-9H,4,6,15H2,1H3,(H,16,17). The van der Waals surface area contributed by atoms with Crippen molar-refractivity contribution in [2.24, 2.45) is 0 Å². The van der Waals surface area contributed by atoms with Gasteiger partial charge in [0.1, 0.15) is 5.75 Å². The van der Waals surface area contributed by atoms with E-state index in [0.29, 0.717) is 23.5 Å². The number of hydrogen-bond acceptors (Lipinski definition) is 4. The van der Waals surface area contributed by atoms with Gasteiger partial charge in [0.2, 0.25) is 0 Å². The fraction of sp³-hybridized carbons (Fsp3) is 0.214. The Balaban J connectivity index is 1.92. The van der Waals surface area contributed by atoms with Crippen LogP contribution < -0.4 is 15.8 Å². The quantitative estimate of drug-likeness (QED) is 0.824. The van der Waals surface area contributed by atoms with Gasteiger partial charge in [0, 0.05) is 12.1 Å². The number of nitrogens with one attached hydrogen (secondary N) is 1. The molecule has 1 aromatic carbocycles. The number of rotatable bonds is 5. The van der Waals surface area contributed by atoms with Gasteiger partial charge in [-0.2, -0.15) is 11.3 Å². The fourth-order valence-corrected chi connectivity index (χ4v) is 2.41. The number of anilines is 1. The molecule has 0 spiro atoms. The summed E-state index contributed by atoms with van der Waals surface area (Å²) in [7, 11) is 1.53. The number of methoxy groups -OCH3 is 1. The van der Waals surface area contributed by atoms with Gasteiger partial charge in [-0.05, 0) is 47.0 Å². The van der Waals surface area contributed by atoms with Gasteiger partial charge < -0.3 is 15.8 Å². The molecule has 0 aliphatic carbocycles. The Labute approximate surface area is 116 Å². The molecule has 0 fully saturated rings. The summed E-state index contributed by atoms with van der Waals surface area (Å²) in [6.07, 6.45) is 0.835. The highest BCUT2D eigenvalue weighted by Gasteiger charge is 2.08. The number of nitrogen functional groups attached to an aromatic ring is 1. The molecule has 19 heavy (non-hydrogen) atoms. The van der Waals surface area contributed by atoms with Crippen LogP contribution in [0.1, 0.15) is 15.9 Å². The average molecular weight is 276 g/mol. The minimum atomic E-state index is -0.117. The molecule has 0 saturated heterocycles. The van der Waals surface area contributed by atoms with Crippen molar-refractivity contribution in [3.63, 3.8) is 0 Å². The summed E-state index contributed by atoms with van der Waals surface area (Å²) in [5, 5.41) is 6.99. The molecule has 2 rings (SSSR count). The van der Waals surface area contributed by atoms with Crippen molar-refractivity contribution in [1.82, 2.24) is 5.32 Å². The van der Waals surface area contributed by atoms with E-state index in [1.54, 1.807) is 29.5 Å². The van der Waals surface area contributed by atoms with Gasteiger partial charge >= 0.3 is 0 Å². The number of ether oxygens (including phenoxy) is 1. The highest BCUT2D eigenvalue weighted by molar-refractivity contribution is 7.07. The molecule has 0 bridgehead atoms. The van der Waals surface area contributed by atoms with Crippen molar-refractivity contribution in [3.8, 4) is 5.75 Å². The van der Waals surface area contributed by atoms with Gasteiger partial charge in [-0.15, -0.1) is 0 Å². The smallest absolute Gasteiger partial charge is 0.251 e. The maximum absolute atomic E-state index is 11.9. The van der Waals surface area contributed by atoms with E-state index in [-0.39, 0.29) is 5.91 Å². The van der Waals surface area contributed by atoms with E-state index < -0.39 is 0 Å². The zero-order valence-electron chi connectivity index (χ0n) is 10.7. The Morgan fingerprint density at radius 3 is 2.95 bits per heavy atom. The van der Waals surface area contributed by atoms with Crippen LogP contribution in [0, 0.1) is 0 Å². The summed E-state index contributed by atoms with van der Waals surface area (Å²) in [6, 6.07) is 7.07. The van der Waals surface area contributed by atoms with Gasteiger partial charge in [0.15, 0.2) is 0 Å². The first-order valence-electron chi connectivity index (χ1n) is 5.93. The number of nitrogens with two attached hydrogens (primary N) is 1. The van der Waals surface area contributed by atoms with Crippen LogP contribution in [0.15, 0.2) is 35.0 Å². The molecule has 100 valence electrons. The molecule has 0 saturated carbocycles. The number of carbonyl (C=O) groups excluding carboxylic acids is 1. The molecule has 0 atom stereocenters. The molecule has 0 radical (unpaired) electrons. The average Bonchev–Trinajstić information content (AvgIpc) is 2.92. The monoisotopic (exact) mass is 276 g/mol. The lowest BCUT2D eigenvalue weighted by Gasteiger charge is -2.08. The highest BCUT2D eigenvalue weighted by Crippen LogP contribution is 2.21. The van der Waals surface area contributed by atoms with Crippen LogP contribution in [0.5, 0.6) is 5.75 Å². The topological polar surface area (TPSA) is 64.3 Å². The number of hydrogen-bond donors (Lipinski definition) is 2. The predicted octanol–water partition coefficient (Wildman–Crippen LogP) is 2.31. The molecule has 0 aliphatic heterocycles. The Bertz CT molecular complexity index is 553. The van der Waals surface area contributed by atoms with Gasteiger partial charge in [-0.25, -0.2) is 0 Å². The van der Waals surface area contributed by atoms with E-state index >= 15 is 0 Å². The van der Waals surface area contributed by atoms with Crippen LogP contribution in [0.2, 0.25) is 0 Å². The minimum Gasteiger partial charge on any atom is -0.495 e. The van der Waals surface area contributed by atoms with Crippen LogP contribution in [0.4, 0.5) is 5.69 Å². The Hall–Kier alpha value is -2.01. The lowest BCUT2D eigenvalue weighted by Crippen LogP contribution is -2.25. The second-order valence-corrected chi connectivity index (χ2v) is 4.87. The summed E-state index contributed by atoms with van der Waals surface area (Å²) in [6.45, 7) is 0.613. The summed E-state index contributed by atoms with van der Waals surface area (Å²) in [4.78, 5) is 11.9. The van der Waals surface area contributed by atoms with Gasteiger partial charge in [-0.3, -0.25) is 4.79 Å². The van der Waals surface area contributed by atoms with Gasteiger partial charge in [0.25, 0.3) is 5.91 Å². The van der Waals surface area contributed by atoms with E-state index in [4.69, 9.17) is 10.5 Å². The third-order valence-corrected chi connectivity index (χ3v) is 3.51. The van der Waals surface area contributed by atoms with E-state index in [1.165, 1.54) is 12.7 Å². The van der Waals surface area contributed by atoms with Crippen molar-refractivity contribution < 1.29 is 9.53 Å². The van der Waals surface area contributed by atoms with E-state index in [2.05, 4.69) is 16.8 Å².